The summed E-state index contributed by atoms with van der Waals surface area (Å²) in [7, 11) is -2.36. The number of aryl methyl sites for hydroxylation is 1. The van der Waals surface area contributed by atoms with Crippen LogP contribution < -0.4 is 10.3 Å². The van der Waals surface area contributed by atoms with Crippen LogP contribution in [0.2, 0.25) is 5.02 Å². The van der Waals surface area contributed by atoms with Crippen LogP contribution >= 0.6 is 11.6 Å². The first-order valence-corrected chi connectivity index (χ1v) is 12.2. The van der Waals surface area contributed by atoms with Gasteiger partial charge in [-0.05, 0) is 61.7 Å². The zero-order chi connectivity index (χ0) is 22.9. The van der Waals surface area contributed by atoms with Gasteiger partial charge in [-0.2, -0.15) is 4.31 Å². The van der Waals surface area contributed by atoms with Crippen molar-refractivity contribution in [2.75, 3.05) is 20.3 Å². The lowest BCUT2D eigenvalue weighted by Crippen LogP contribution is -2.38. The van der Waals surface area contributed by atoms with E-state index in [-0.39, 0.29) is 29.6 Å². The zero-order valence-electron chi connectivity index (χ0n) is 17.9. The van der Waals surface area contributed by atoms with E-state index in [9.17, 15) is 13.2 Å². The molecular weight excluding hydrogens is 452 g/mol. The van der Waals surface area contributed by atoms with Crippen molar-refractivity contribution in [3.05, 3.63) is 69.0 Å². The molecule has 170 valence electrons. The normalized spacial score (nSPS) is 16.7. The summed E-state index contributed by atoms with van der Waals surface area (Å²) >= 11 is 6.10. The third-order valence-electron chi connectivity index (χ3n) is 5.67. The van der Waals surface area contributed by atoms with Crippen LogP contribution in [0, 0.1) is 6.92 Å². The topological polar surface area (TPSA) is 88.7 Å². The van der Waals surface area contributed by atoms with Gasteiger partial charge in [0, 0.05) is 41.2 Å². The summed E-state index contributed by atoms with van der Waals surface area (Å²) < 4.78 is 39.6. The summed E-state index contributed by atoms with van der Waals surface area (Å²) in [5.41, 5.74) is 1.24. The minimum absolute atomic E-state index is 0.0867. The highest BCUT2D eigenvalue weighted by atomic mass is 35.5. The molecular formula is C23H25ClN2O5S. The maximum absolute atomic E-state index is 13.7. The molecule has 0 spiro atoms. The van der Waals surface area contributed by atoms with Crippen molar-refractivity contribution < 1.29 is 17.9 Å². The Morgan fingerprint density at radius 2 is 2.03 bits per heavy atom. The lowest BCUT2D eigenvalue weighted by molar-refractivity contribution is 0.0925. The molecule has 0 radical (unpaired) electrons. The maximum atomic E-state index is 13.7. The summed E-state index contributed by atoms with van der Waals surface area (Å²) in [5, 5.41) is 1.09. The van der Waals surface area contributed by atoms with E-state index in [1.165, 1.54) is 10.4 Å². The second-order valence-corrected chi connectivity index (χ2v) is 10.3. The quantitative estimate of drug-likeness (QED) is 0.559. The molecule has 2 heterocycles. The van der Waals surface area contributed by atoms with E-state index in [2.05, 4.69) is 4.98 Å². The van der Waals surface area contributed by atoms with E-state index in [1.807, 2.05) is 0 Å². The van der Waals surface area contributed by atoms with Crippen molar-refractivity contribution in [1.29, 1.82) is 0 Å². The fraction of sp³-hybridized carbons (Fsp3) is 0.348. The van der Waals surface area contributed by atoms with Gasteiger partial charge in [0.2, 0.25) is 10.0 Å². The van der Waals surface area contributed by atoms with Crippen LogP contribution in [0.15, 0.2) is 52.2 Å². The number of pyridine rings is 1. The Bertz CT molecular complexity index is 1300. The highest BCUT2D eigenvalue weighted by Crippen LogP contribution is 2.27. The zero-order valence-corrected chi connectivity index (χ0v) is 19.5. The number of methoxy groups -OCH3 is 1. The van der Waals surface area contributed by atoms with Crippen molar-refractivity contribution in [1.82, 2.24) is 9.29 Å². The molecule has 1 N–H and O–H groups in total. The molecule has 2 aromatic carbocycles. The average molecular weight is 477 g/mol. The molecule has 0 bridgehead atoms. The van der Waals surface area contributed by atoms with Gasteiger partial charge in [0.25, 0.3) is 5.56 Å². The van der Waals surface area contributed by atoms with Crippen LogP contribution in [0.1, 0.15) is 24.0 Å². The first-order chi connectivity index (χ1) is 15.3. The van der Waals surface area contributed by atoms with Crippen LogP contribution in [0.5, 0.6) is 5.75 Å². The first-order valence-electron chi connectivity index (χ1n) is 10.4. The van der Waals surface area contributed by atoms with Gasteiger partial charge in [0.15, 0.2) is 0 Å². The number of sulfonamides is 1. The van der Waals surface area contributed by atoms with Crippen molar-refractivity contribution in [3.8, 4) is 5.75 Å². The molecule has 0 aliphatic carbocycles. The van der Waals surface area contributed by atoms with Crippen LogP contribution in [-0.2, 0) is 21.3 Å². The fourth-order valence-corrected chi connectivity index (χ4v) is 5.86. The van der Waals surface area contributed by atoms with Crippen LogP contribution in [0.25, 0.3) is 10.9 Å². The highest BCUT2D eigenvalue weighted by Gasteiger charge is 2.31. The molecule has 1 aliphatic heterocycles. The van der Waals surface area contributed by atoms with Crippen molar-refractivity contribution >= 4 is 32.5 Å². The Hall–Kier alpha value is -2.39. The van der Waals surface area contributed by atoms with Crippen molar-refractivity contribution in [2.24, 2.45) is 0 Å². The highest BCUT2D eigenvalue weighted by molar-refractivity contribution is 7.89. The van der Waals surface area contributed by atoms with E-state index in [0.29, 0.717) is 34.0 Å². The predicted octanol–water partition coefficient (Wildman–Crippen LogP) is 3.87. The molecule has 1 saturated heterocycles. The minimum atomic E-state index is -3.93. The summed E-state index contributed by atoms with van der Waals surface area (Å²) in [6.45, 7) is 2.40. The number of rotatable bonds is 7. The largest absolute Gasteiger partial charge is 0.497 e. The van der Waals surface area contributed by atoms with Gasteiger partial charge in [0.1, 0.15) is 5.75 Å². The SMILES string of the molecule is COc1ccc2[nH]c(=O)c(CN(CC3CCCO3)S(=O)(=O)c3cc(Cl)ccc3C)cc2c1. The Morgan fingerprint density at radius 1 is 1.22 bits per heavy atom. The van der Waals surface area contributed by atoms with Crippen LogP contribution in [0.4, 0.5) is 0 Å². The number of halogens is 1. The third kappa shape index (κ3) is 4.68. The maximum Gasteiger partial charge on any atom is 0.252 e. The summed E-state index contributed by atoms with van der Waals surface area (Å²) in [4.78, 5) is 15.7. The summed E-state index contributed by atoms with van der Waals surface area (Å²) in [5.74, 6) is 0.647. The van der Waals surface area contributed by atoms with Gasteiger partial charge in [-0.3, -0.25) is 4.79 Å². The summed E-state index contributed by atoms with van der Waals surface area (Å²) in [6.07, 6.45) is 1.43. The van der Waals surface area contributed by atoms with E-state index in [4.69, 9.17) is 21.1 Å². The molecule has 1 atom stereocenters. The van der Waals surface area contributed by atoms with Crippen LogP contribution in [0.3, 0.4) is 0 Å². The predicted molar refractivity (Wildman–Crippen MR) is 124 cm³/mol. The van der Waals surface area contributed by atoms with Gasteiger partial charge in [-0.15, -0.1) is 0 Å². The number of nitrogens with zero attached hydrogens (tertiary/aromatic N) is 1. The molecule has 1 fully saturated rings. The molecule has 7 nitrogen and oxygen atoms in total. The Balaban J connectivity index is 1.76. The molecule has 0 amide bonds. The van der Waals surface area contributed by atoms with Gasteiger partial charge < -0.3 is 14.5 Å². The minimum Gasteiger partial charge on any atom is -0.497 e. The summed E-state index contributed by atoms with van der Waals surface area (Å²) in [6, 6.07) is 11.8. The van der Waals surface area contributed by atoms with E-state index in [1.54, 1.807) is 50.4 Å². The number of ether oxygens (including phenoxy) is 2. The molecule has 1 aliphatic rings. The van der Waals surface area contributed by atoms with Crippen molar-refractivity contribution in [3.63, 3.8) is 0 Å². The molecule has 3 aromatic rings. The van der Waals surface area contributed by atoms with Gasteiger partial charge >= 0.3 is 0 Å². The Morgan fingerprint density at radius 3 is 2.75 bits per heavy atom. The number of fused-ring (bicyclic) bond motifs is 1. The molecule has 1 aromatic heterocycles. The molecule has 32 heavy (non-hydrogen) atoms. The number of H-pyrrole nitrogens is 1. The van der Waals surface area contributed by atoms with E-state index < -0.39 is 10.0 Å². The number of aromatic nitrogens is 1. The number of benzene rings is 2. The standard InChI is InChI=1S/C23H25ClN2O5S/c1-15-5-6-18(24)12-22(15)32(28,29)26(14-20-4-3-9-31-20)13-17-10-16-11-19(30-2)7-8-21(16)25-23(17)27/h5-8,10-12,20H,3-4,9,13-14H2,1-2H3,(H,25,27). The number of nitrogens with one attached hydrogen (secondary N) is 1. The second-order valence-electron chi connectivity index (χ2n) is 7.92. The lowest BCUT2D eigenvalue weighted by atomic mass is 10.1. The Labute approximate surface area is 192 Å². The van der Waals surface area contributed by atoms with Gasteiger partial charge in [-0.25, -0.2) is 8.42 Å². The van der Waals surface area contributed by atoms with Crippen molar-refractivity contribution in [2.45, 2.75) is 37.3 Å². The van der Waals surface area contributed by atoms with E-state index >= 15 is 0 Å². The fourth-order valence-electron chi connectivity index (χ4n) is 3.92. The molecule has 1 unspecified atom stereocenters. The number of hydrogen-bond acceptors (Lipinski definition) is 5. The van der Waals surface area contributed by atoms with Gasteiger partial charge in [-0.1, -0.05) is 17.7 Å². The third-order valence-corrected chi connectivity index (χ3v) is 7.86. The molecule has 0 saturated carbocycles. The number of hydrogen-bond donors (Lipinski definition) is 1. The average Bonchev–Trinajstić information content (AvgIpc) is 3.28. The first kappa shape index (κ1) is 22.8. The second kappa shape index (κ2) is 9.23. The molecule has 4 rings (SSSR count). The lowest BCUT2D eigenvalue weighted by Gasteiger charge is -2.25. The number of aromatic amines is 1. The Kier molecular flexibility index (Phi) is 6.57. The van der Waals surface area contributed by atoms with Gasteiger partial charge in [0.05, 0.1) is 18.1 Å². The molecule has 9 heteroatoms. The smallest absolute Gasteiger partial charge is 0.252 e. The van der Waals surface area contributed by atoms with Crippen LogP contribution in [-0.4, -0.2) is 44.1 Å². The van der Waals surface area contributed by atoms with E-state index in [0.717, 1.165) is 18.2 Å². The monoisotopic (exact) mass is 476 g/mol.